The number of nitrogens with zero attached hydrogens (tertiary/aromatic N) is 3. The second-order valence-electron chi connectivity index (χ2n) is 10.2. The molecule has 3 heteroatoms. The molecule has 2 aliphatic carbocycles. The number of aromatic nitrogens is 2. The first-order chi connectivity index (χ1) is 17.3. The maximum absolute atomic E-state index is 4.85. The highest BCUT2D eigenvalue weighted by Gasteiger charge is 2.36. The second kappa shape index (κ2) is 6.25. The zero-order valence-electron chi connectivity index (χ0n) is 19.2. The van der Waals surface area contributed by atoms with Gasteiger partial charge >= 0.3 is 0 Å². The summed E-state index contributed by atoms with van der Waals surface area (Å²) in [4.78, 5) is 12.0. The predicted molar refractivity (Wildman–Crippen MR) is 139 cm³/mol. The van der Waals surface area contributed by atoms with Gasteiger partial charge in [0.2, 0.25) is 0 Å². The second-order valence-corrected chi connectivity index (χ2v) is 10.2. The van der Waals surface area contributed by atoms with Gasteiger partial charge in [0.1, 0.15) is 5.82 Å². The third-order valence-electron chi connectivity index (χ3n) is 8.39. The number of anilines is 3. The van der Waals surface area contributed by atoms with Gasteiger partial charge < -0.3 is 0 Å². The largest absolute Gasteiger partial charge is 0.292 e. The Labute approximate surface area is 203 Å². The van der Waals surface area contributed by atoms with Crippen LogP contribution >= 0.6 is 0 Å². The Bertz CT molecular complexity index is 1760. The quantitative estimate of drug-likeness (QED) is 0.253. The van der Waals surface area contributed by atoms with Crippen LogP contribution in [0.25, 0.3) is 22.3 Å². The number of hydrogen-bond donors (Lipinski definition) is 0. The Morgan fingerprint density at radius 2 is 1.43 bits per heavy atom. The van der Waals surface area contributed by atoms with Gasteiger partial charge in [-0.1, -0.05) is 36.4 Å². The molecule has 0 saturated heterocycles. The molecule has 2 aromatic heterocycles. The third kappa shape index (κ3) is 2.26. The molecule has 0 spiro atoms. The highest BCUT2D eigenvalue weighted by atomic mass is 15.2. The van der Waals surface area contributed by atoms with Crippen LogP contribution in [-0.4, -0.2) is 9.97 Å². The first kappa shape index (κ1) is 18.1. The van der Waals surface area contributed by atoms with E-state index in [2.05, 4.69) is 65.6 Å². The van der Waals surface area contributed by atoms with Crippen molar-refractivity contribution in [2.45, 2.75) is 25.7 Å². The first-order valence-electron chi connectivity index (χ1n) is 12.4. The summed E-state index contributed by atoms with van der Waals surface area (Å²) >= 11 is 0. The summed E-state index contributed by atoms with van der Waals surface area (Å²) in [7, 11) is 0. The molecule has 0 amide bonds. The van der Waals surface area contributed by atoms with E-state index < -0.39 is 0 Å². The third-order valence-corrected chi connectivity index (χ3v) is 8.39. The Morgan fingerprint density at radius 1 is 0.571 bits per heavy atom. The van der Waals surface area contributed by atoms with E-state index in [9.17, 15) is 0 Å². The number of fused-ring (bicyclic) bond motifs is 11. The Morgan fingerprint density at radius 3 is 2.43 bits per heavy atom. The fourth-order valence-corrected chi connectivity index (χ4v) is 6.94. The molecule has 0 unspecified atom stereocenters. The summed E-state index contributed by atoms with van der Waals surface area (Å²) in [5, 5.41) is 0. The lowest BCUT2D eigenvalue weighted by molar-refractivity contribution is 0.939. The lowest BCUT2D eigenvalue weighted by atomic mass is 9.86. The fourth-order valence-electron chi connectivity index (χ4n) is 6.94. The van der Waals surface area contributed by atoms with Crippen molar-refractivity contribution < 1.29 is 0 Å². The van der Waals surface area contributed by atoms with E-state index in [1.54, 1.807) is 0 Å². The topological polar surface area (TPSA) is 29.0 Å². The minimum absolute atomic E-state index is 0.846. The van der Waals surface area contributed by atoms with Crippen molar-refractivity contribution >= 4 is 17.2 Å². The van der Waals surface area contributed by atoms with Gasteiger partial charge in [0.25, 0.3) is 0 Å². The highest BCUT2D eigenvalue weighted by molar-refractivity contribution is 5.94. The number of benzene rings is 3. The van der Waals surface area contributed by atoms with Crippen LogP contribution in [0.3, 0.4) is 0 Å². The van der Waals surface area contributed by atoms with Crippen molar-refractivity contribution in [3.05, 3.63) is 124 Å². The van der Waals surface area contributed by atoms with Crippen LogP contribution in [-0.2, 0) is 25.7 Å². The van der Waals surface area contributed by atoms with Crippen molar-refractivity contribution in [2.24, 2.45) is 0 Å². The van der Waals surface area contributed by atoms with E-state index in [1.165, 1.54) is 72.6 Å². The zero-order chi connectivity index (χ0) is 22.7. The summed E-state index contributed by atoms with van der Waals surface area (Å²) in [5.41, 5.74) is 19.2. The molecule has 3 aromatic carbocycles. The molecule has 0 fully saturated rings. The molecule has 9 rings (SSSR count). The van der Waals surface area contributed by atoms with E-state index in [0.717, 1.165) is 37.2 Å². The van der Waals surface area contributed by atoms with Gasteiger partial charge in [0.15, 0.2) is 0 Å². The Kier molecular flexibility index (Phi) is 3.24. The molecule has 5 aromatic rings. The lowest BCUT2D eigenvalue weighted by Crippen LogP contribution is -2.26. The molecule has 0 saturated carbocycles. The van der Waals surface area contributed by atoms with Gasteiger partial charge in [-0.25, -0.2) is 4.98 Å². The molecule has 0 bridgehead atoms. The van der Waals surface area contributed by atoms with Crippen LogP contribution < -0.4 is 4.90 Å². The molecule has 4 aliphatic rings. The van der Waals surface area contributed by atoms with Gasteiger partial charge in [-0.3, -0.25) is 9.88 Å². The lowest BCUT2D eigenvalue weighted by Gasteiger charge is -2.38. The Hall–Kier alpha value is -4.24. The van der Waals surface area contributed by atoms with Crippen LogP contribution in [0.1, 0.15) is 44.6 Å². The Balaban J connectivity index is 1.28. The molecule has 0 N–H and O–H groups in total. The van der Waals surface area contributed by atoms with Gasteiger partial charge in [-0.2, -0.15) is 0 Å². The fraction of sp³-hybridized carbons (Fsp3) is 0.125. The highest BCUT2D eigenvalue weighted by Crippen LogP contribution is 2.54. The summed E-state index contributed by atoms with van der Waals surface area (Å²) in [6.07, 6.45) is 7.73. The molecule has 164 valence electrons. The number of pyridine rings is 2. The van der Waals surface area contributed by atoms with Crippen LogP contribution in [0.15, 0.2) is 79.1 Å². The van der Waals surface area contributed by atoms with Crippen molar-refractivity contribution in [1.82, 2.24) is 9.97 Å². The van der Waals surface area contributed by atoms with Gasteiger partial charge in [0, 0.05) is 30.8 Å². The SMILES string of the molecule is c1ccc2c(c1)Cc1cc3c(cc1-2)Cc1ccc2c(c1-3)Cc1ccnc3c1N2c1ncccc1C3. The molecule has 2 aliphatic heterocycles. The van der Waals surface area contributed by atoms with Crippen LogP contribution in [0.4, 0.5) is 17.2 Å². The standard InChI is InChI=1S/C32H21N3/c1-2-6-24-18(4-1)12-22-16-26-23(15-25(22)24)13-19-7-8-29-27(30(19)26)14-20-9-11-33-28-17-21-5-3-10-34-32(21)35(29)31(20)28/h1-11,15-16H,12-14,17H2. The minimum Gasteiger partial charge on any atom is -0.292 e. The molecule has 4 heterocycles. The van der Waals surface area contributed by atoms with Crippen molar-refractivity contribution in [3.63, 3.8) is 0 Å². The molecule has 3 nitrogen and oxygen atoms in total. The maximum atomic E-state index is 4.85. The van der Waals surface area contributed by atoms with Crippen LogP contribution in [0.5, 0.6) is 0 Å². The normalized spacial score (nSPS) is 14.9. The maximum Gasteiger partial charge on any atom is 0.141 e. The van der Waals surface area contributed by atoms with Crippen molar-refractivity contribution in [3.8, 4) is 22.3 Å². The molecular weight excluding hydrogens is 426 g/mol. The molecule has 35 heavy (non-hydrogen) atoms. The average Bonchev–Trinajstić information content (AvgIpc) is 3.44. The molecule has 0 atom stereocenters. The van der Waals surface area contributed by atoms with E-state index in [0.29, 0.717) is 0 Å². The summed E-state index contributed by atoms with van der Waals surface area (Å²) < 4.78 is 0. The van der Waals surface area contributed by atoms with Crippen LogP contribution in [0, 0.1) is 0 Å². The summed E-state index contributed by atoms with van der Waals surface area (Å²) in [5.74, 6) is 1.05. The summed E-state index contributed by atoms with van der Waals surface area (Å²) in [6.45, 7) is 0. The monoisotopic (exact) mass is 447 g/mol. The number of hydrogen-bond acceptors (Lipinski definition) is 3. The average molecular weight is 448 g/mol. The minimum atomic E-state index is 0.846. The molecular formula is C32H21N3. The van der Waals surface area contributed by atoms with Gasteiger partial charge in [-0.15, -0.1) is 0 Å². The van der Waals surface area contributed by atoms with Crippen molar-refractivity contribution in [1.29, 1.82) is 0 Å². The first-order valence-corrected chi connectivity index (χ1v) is 12.4. The predicted octanol–water partition coefficient (Wildman–Crippen LogP) is 6.90. The number of rotatable bonds is 0. The van der Waals surface area contributed by atoms with E-state index in [-0.39, 0.29) is 0 Å². The zero-order valence-corrected chi connectivity index (χ0v) is 19.2. The van der Waals surface area contributed by atoms with E-state index >= 15 is 0 Å². The smallest absolute Gasteiger partial charge is 0.141 e. The van der Waals surface area contributed by atoms with E-state index in [4.69, 9.17) is 9.97 Å². The molecule has 0 radical (unpaired) electrons. The van der Waals surface area contributed by atoms with Gasteiger partial charge in [0.05, 0.1) is 17.1 Å². The van der Waals surface area contributed by atoms with Gasteiger partial charge in [-0.05, 0) is 98.8 Å². The summed E-state index contributed by atoms with van der Waals surface area (Å²) in [6, 6.07) is 25.0. The van der Waals surface area contributed by atoms with Crippen LogP contribution in [0.2, 0.25) is 0 Å². The van der Waals surface area contributed by atoms with Crippen molar-refractivity contribution in [2.75, 3.05) is 4.90 Å². The van der Waals surface area contributed by atoms with E-state index in [1.807, 2.05) is 18.5 Å².